The normalized spacial score (nSPS) is 17.8. The van der Waals surface area contributed by atoms with Gasteiger partial charge in [-0.2, -0.15) is 5.26 Å². The molecule has 1 saturated carbocycles. The number of nitrogens with zero attached hydrogens (tertiary/aromatic N) is 3. The smallest absolute Gasteiger partial charge is 0.239 e. The molecular weight excluding hydrogens is 436 g/mol. The molecule has 0 spiro atoms. The van der Waals surface area contributed by atoms with E-state index in [2.05, 4.69) is 20.9 Å². The lowest BCUT2D eigenvalue weighted by atomic mass is 9.89. The minimum absolute atomic E-state index is 0.0272. The van der Waals surface area contributed by atoms with Crippen molar-refractivity contribution in [3.05, 3.63) is 51.7 Å². The SMILES string of the molecule is Cc1c(C#N)c(NC(=O)CN2CCC(C(=O)c3ccc(Cl)cc3)CC2)n(C2CCCC2)c1C. The number of benzene rings is 1. The molecule has 174 valence electrons. The van der Waals surface area contributed by atoms with E-state index < -0.39 is 0 Å². The van der Waals surface area contributed by atoms with Crippen LogP contribution in [0.2, 0.25) is 5.02 Å². The Morgan fingerprint density at radius 3 is 2.33 bits per heavy atom. The summed E-state index contributed by atoms with van der Waals surface area (Å²) in [6.45, 7) is 5.65. The van der Waals surface area contributed by atoms with E-state index in [-0.39, 0.29) is 24.2 Å². The lowest BCUT2D eigenvalue weighted by Crippen LogP contribution is -2.41. The number of hydrogen-bond acceptors (Lipinski definition) is 4. The lowest BCUT2D eigenvalue weighted by Gasteiger charge is -2.31. The van der Waals surface area contributed by atoms with Gasteiger partial charge in [0.05, 0.1) is 12.1 Å². The molecule has 1 saturated heterocycles. The van der Waals surface area contributed by atoms with E-state index in [1.807, 2.05) is 13.8 Å². The molecule has 0 bridgehead atoms. The molecule has 1 N–H and O–H groups in total. The Morgan fingerprint density at radius 1 is 1.09 bits per heavy atom. The number of anilines is 1. The minimum Gasteiger partial charge on any atom is -0.327 e. The van der Waals surface area contributed by atoms with Crippen LogP contribution in [0.3, 0.4) is 0 Å². The zero-order valence-corrected chi connectivity index (χ0v) is 20.1. The summed E-state index contributed by atoms with van der Waals surface area (Å²) in [4.78, 5) is 27.8. The average molecular weight is 467 g/mol. The van der Waals surface area contributed by atoms with Crippen molar-refractivity contribution >= 4 is 29.1 Å². The van der Waals surface area contributed by atoms with Crippen LogP contribution >= 0.6 is 11.6 Å². The first-order chi connectivity index (χ1) is 15.9. The molecule has 2 aromatic rings. The van der Waals surface area contributed by atoms with Gasteiger partial charge in [-0.05, 0) is 82.4 Å². The van der Waals surface area contributed by atoms with Crippen molar-refractivity contribution in [1.29, 1.82) is 5.26 Å². The molecule has 1 aromatic heterocycles. The third kappa shape index (κ3) is 5.00. The maximum Gasteiger partial charge on any atom is 0.239 e. The second-order valence-corrected chi connectivity index (χ2v) is 9.76. The minimum atomic E-state index is -0.106. The van der Waals surface area contributed by atoms with Crippen molar-refractivity contribution in [1.82, 2.24) is 9.47 Å². The molecule has 1 aliphatic heterocycles. The summed E-state index contributed by atoms with van der Waals surface area (Å²) >= 11 is 5.93. The van der Waals surface area contributed by atoms with Crippen LogP contribution in [-0.4, -0.2) is 40.8 Å². The first-order valence-corrected chi connectivity index (χ1v) is 12.2. The number of nitrogens with one attached hydrogen (secondary N) is 1. The summed E-state index contributed by atoms with van der Waals surface area (Å²) in [6, 6.07) is 9.69. The third-order valence-corrected chi connectivity index (χ3v) is 7.52. The van der Waals surface area contributed by atoms with Crippen molar-refractivity contribution in [2.75, 3.05) is 25.0 Å². The molecule has 0 radical (unpaired) electrons. The number of rotatable bonds is 6. The summed E-state index contributed by atoms with van der Waals surface area (Å²) in [5.74, 6) is 0.665. The highest BCUT2D eigenvalue weighted by atomic mass is 35.5. The number of likely N-dealkylation sites (tertiary alicyclic amines) is 1. The van der Waals surface area contributed by atoms with Crippen LogP contribution in [0.25, 0.3) is 0 Å². The van der Waals surface area contributed by atoms with Crippen LogP contribution in [0.1, 0.15) is 71.7 Å². The highest BCUT2D eigenvalue weighted by Gasteiger charge is 2.29. The van der Waals surface area contributed by atoms with Gasteiger partial charge in [0.15, 0.2) is 5.78 Å². The van der Waals surface area contributed by atoms with E-state index in [1.165, 1.54) is 12.8 Å². The summed E-state index contributed by atoms with van der Waals surface area (Å²) in [5.41, 5.74) is 3.27. The van der Waals surface area contributed by atoms with Gasteiger partial charge >= 0.3 is 0 Å². The highest BCUT2D eigenvalue weighted by Crippen LogP contribution is 2.37. The van der Waals surface area contributed by atoms with Crippen LogP contribution in [-0.2, 0) is 4.79 Å². The fourth-order valence-electron chi connectivity index (χ4n) is 5.28. The maximum absolute atomic E-state index is 13.0. The molecule has 1 amide bonds. The topological polar surface area (TPSA) is 78.1 Å². The number of hydrogen-bond donors (Lipinski definition) is 1. The van der Waals surface area contributed by atoms with Gasteiger partial charge < -0.3 is 9.88 Å². The molecule has 2 aliphatic rings. The third-order valence-electron chi connectivity index (χ3n) is 7.27. The quantitative estimate of drug-likeness (QED) is 0.587. The van der Waals surface area contributed by atoms with Gasteiger partial charge in [0, 0.05) is 28.2 Å². The van der Waals surface area contributed by atoms with E-state index in [0.717, 1.165) is 36.9 Å². The molecule has 0 atom stereocenters. The predicted molar refractivity (Wildman–Crippen MR) is 130 cm³/mol. The number of carbonyl (C=O) groups excluding carboxylic acids is 2. The number of carbonyl (C=O) groups is 2. The second-order valence-electron chi connectivity index (χ2n) is 9.32. The van der Waals surface area contributed by atoms with Crippen molar-refractivity contribution in [2.24, 2.45) is 5.92 Å². The van der Waals surface area contributed by atoms with Gasteiger partial charge in [0.1, 0.15) is 11.9 Å². The summed E-state index contributed by atoms with van der Waals surface area (Å²) in [7, 11) is 0. The average Bonchev–Trinajstić information content (AvgIpc) is 3.41. The first kappa shape index (κ1) is 23.5. The monoisotopic (exact) mass is 466 g/mol. The Kier molecular flexibility index (Phi) is 7.21. The van der Waals surface area contributed by atoms with Gasteiger partial charge in [-0.1, -0.05) is 24.4 Å². The fourth-order valence-corrected chi connectivity index (χ4v) is 5.41. The zero-order chi connectivity index (χ0) is 23.5. The van der Waals surface area contributed by atoms with Gasteiger partial charge in [-0.3, -0.25) is 14.5 Å². The van der Waals surface area contributed by atoms with Crippen LogP contribution < -0.4 is 5.32 Å². The van der Waals surface area contributed by atoms with E-state index in [1.54, 1.807) is 24.3 Å². The molecule has 6 nitrogen and oxygen atoms in total. The highest BCUT2D eigenvalue weighted by molar-refractivity contribution is 6.30. The Bertz CT molecular complexity index is 1070. The molecular formula is C26H31ClN4O2. The first-order valence-electron chi connectivity index (χ1n) is 11.8. The summed E-state index contributed by atoms with van der Waals surface area (Å²) in [5, 5.41) is 13.4. The molecule has 4 rings (SSSR count). The van der Waals surface area contributed by atoms with Crippen molar-refractivity contribution in [3.8, 4) is 6.07 Å². The molecule has 0 unspecified atom stereocenters. The summed E-state index contributed by atoms with van der Waals surface area (Å²) < 4.78 is 2.18. The van der Waals surface area contributed by atoms with Crippen LogP contribution in [0.4, 0.5) is 5.82 Å². The number of Topliss-reactive ketones (excluding diaryl/α,β-unsaturated/α-hetero) is 1. The summed E-state index contributed by atoms with van der Waals surface area (Å²) in [6.07, 6.45) is 5.99. The molecule has 2 fully saturated rings. The van der Waals surface area contributed by atoms with Gasteiger partial charge in [-0.25, -0.2) is 0 Å². The number of ketones is 1. The Labute approximate surface area is 200 Å². The number of piperidine rings is 1. The molecule has 1 aliphatic carbocycles. The number of aromatic nitrogens is 1. The van der Waals surface area contributed by atoms with Crippen LogP contribution in [0, 0.1) is 31.1 Å². The predicted octanol–water partition coefficient (Wildman–Crippen LogP) is 5.28. The molecule has 7 heteroatoms. The van der Waals surface area contributed by atoms with Crippen LogP contribution in [0.5, 0.6) is 0 Å². The second kappa shape index (κ2) is 10.1. The lowest BCUT2D eigenvalue weighted by molar-refractivity contribution is -0.117. The van der Waals surface area contributed by atoms with Gasteiger partial charge in [-0.15, -0.1) is 0 Å². The maximum atomic E-state index is 13.0. The Morgan fingerprint density at radius 2 is 1.73 bits per heavy atom. The molecule has 1 aromatic carbocycles. The van der Waals surface area contributed by atoms with E-state index in [4.69, 9.17) is 11.6 Å². The van der Waals surface area contributed by atoms with Crippen LogP contribution in [0.15, 0.2) is 24.3 Å². The fraction of sp³-hybridized carbons (Fsp3) is 0.500. The number of nitriles is 1. The van der Waals surface area contributed by atoms with Gasteiger partial charge in [0.2, 0.25) is 5.91 Å². The van der Waals surface area contributed by atoms with E-state index >= 15 is 0 Å². The largest absolute Gasteiger partial charge is 0.327 e. The molecule has 2 heterocycles. The zero-order valence-electron chi connectivity index (χ0n) is 19.4. The van der Waals surface area contributed by atoms with E-state index in [0.29, 0.717) is 41.1 Å². The molecule has 33 heavy (non-hydrogen) atoms. The number of halogens is 1. The number of amides is 1. The Hall–Kier alpha value is -2.62. The van der Waals surface area contributed by atoms with Gasteiger partial charge in [0.25, 0.3) is 0 Å². The Balaban J connectivity index is 1.37. The van der Waals surface area contributed by atoms with Crippen molar-refractivity contribution in [2.45, 2.75) is 58.4 Å². The van der Waals surface area contributed by atoms with E-state index in [9.17, 15) is 14.9 Å². The standard InChI is InChI=1S/C26H31ClN4O2/c1-17-18(2)31(22-5-3-4-6-22)26(23(17)15-28)29-24(32)16-30-13-11-20(12-14-30)25(33)19-7-9-21(27)10-8-19/h7-10,20,22H,3-6,11-14,16H2,1-2H3,(H,29,32). The van der Waals surface area contributed by atoms with Crippen molar-refractivity contribution in [3.63, 3.8) is 0 Å². The van der Waals surface area contributed by atoms with Crippen molar-refractivity contribution < 1.29 is 9.59 Å².